The van der Waals surface area contributed by atoms with Crippen molar-refractivity contribution in [1.29, 1.82) is 0 Å². The lowest BCUT2D eigenvalue weighted by Crippen LogP contribution is -2.46. The summed E-state index contributed by atoms with van der Waals surface area (Å²) in [5, 5.41) is 2.92. The van der Waals surface area contributed by atoms with Crippen molar-refractivity contribution in [2.45, 2.75) is 13.5 Å². The van der Waals surface area contributed by atoms with Crippen LogP contribution in [0, 0.1) is 0 Å². The molecule has 0 aliphatic carbocycles. The van der Waals surface area contributed by atoms with Crippen molar-refractivity contribution < 1.29 is 4.79 Å². The molecular formula is C17H23N5O. The normalized spacial score (nSPS) is 15.6. The van der Waals surface area contributed by atoms with Crippen LogP contribution >= 0.6 is 0 Å². The van der Waals surface area contributed by atoms with Crippen LogP contribution in [-0.4, -0.2) is 53.5 Å². The first-order chi connectivity index (χ1) is 11.3. The van der Waals surface area contributed by atoms with Crippen molar-refractivity contribution in [3.05, 3.63) is 47.9 Å². The number of carbonyl (C=O) groups excluding carboxylic acids is 1. The van der Waals surface area contributed by atoms with Crippen LogP contribution in [0.3, 0.4) is 0 Å². The first kappa shape index (κ1) is 15.6. The molecule has 2 aromatic rings. The zero-order valence-electron chi connectivity index (χ0n) is 13.5. The van der Waals surface area contributed by atoms with Crippen LogP contribution in [0.2, 0.25) is 0 Å². The molecule has 0 spiro atoms. The summed E-state index contributed by atoms with van der Waals surface area (Å²) in [5.74, 6) is 0.900. The van der Waals surface area contributed by atoms with E-state index in [1.165, 1.54) is 0 Å². The predicted molar refractivity (Wildman–Crippen MR) is 90.5 cm³/mol. The van der Waals surface area contributed by atoms with Gasteiger partial charge in [0, 0.05) is 45.1 Å². The number of aromatic nitrogens is 2. The Labute approximate surface area is 136 Å². The van der Waals surface area contributed by atoms with Crippen LogP contribution in [0.25, 0.3) is 0 Å². The molecule has 6 nitrogen and oxygen atoms in total. The number of aromatic amines is 1. The highest BCUT2D eigenvalue weighted by molar-refractivity contribution is 5.92. The third kappa shape index (κ3) is 3.90. The van der Waals surface area contributed by atoms with Crippen molar-refractivity contribution in [2.75, 3.05) is 37.6 Å². The lowest BCUT2D eigenvalue weighted by atomic mass is 10.2. The van der Waals surface area contributed by atoms with Gasteiger partial charge in [0.25, 0.3) is 5.91 Å². The van der Waals surface area contributed by atoms with Gasteiger partial charge < -0.3 is 20.1 Å². The molecule has 6 heteroatoms. The van der Waals surface area contributed by atoms with Crippen LogP contribution in [0.4, 0.5) is 5.82 Å². The first-order valence-corrected chi connectivity index (χ1v) is 8.10. The van der Waals surface area contributed by atoms with Crippen LogP contribution < -0.4 is 10.2 Å². The first-order valence-electron chi connectivity index (χ1n) is 8.10. The van der Waals surface area contributed by atoms with Crippen LogP contribution in [0.1, 0.15) is 23.0 Å². The molecule has 3 rings (SSSR count). The topological polar surface area (TPSA) is 64.3 Å². The van der Waals surface area contributed by atoms with Gasteiger partial charge in [0.05, 0.1) is 0 Å². The number of nitrogens with one attached hydrogen (secondary N) is 2. The average molecular weight is 313 g/mol. The minimum absolute atomic E-state index is 0.0927. The highest BCUT2D eigenvalue weighted by atomic mass is 16.1. The van der Waals surface area contributed by atoms with Crippen molar-refractivity contribution in [2.24, 2.45) is 0 Å². The highest BCUT2D eigenvalue weighted by Crippen LogP contribution is 2.15. The Kier molecular flexibility index (Phi) is 4.92. The quantitative estimate of drug-likeness (QED) is 0.878. The zero-order chi connectivity index (χ0) is 16.1. The number of anilines is 1. The van der Waals surface area contributed by atoms with Gasteiger partial charge in [-0.1, -0.05) is 6.92 Å². The van der Waals surface area contributed by atoms with E-state index in [2.05, 4.69) is 38.1 Å². The second kappa shape index (κ2) is 7.28. The SMILES string of the molecule is CCN1CCN(c2cc(CNC(=O)c3ccc[nH]3)ccn2)CC1. The molecule has 3 heterocycles. The molecule has 0 aromatic carbocycles. The fraction of sp³-hybridized carbons (Fsp3) is 0.412. The summed E-state index contributed by atoms with van der Waals surface area (Å²) >= 11 is 0. The van der Waals surface area contributed by atoms with Gasteiger partial charge in [0.15, 0.2) is 0 Å². The van der Waals surface area contributed by atoms with Crippen molar-refractivity contribution >= 4 is 11.7 Å². The Hall–Kier alpha value is -2.34. The van der Waals surface area contributed by atoms with E-state index in [1.807, 2.05) is 18.3 Å². The third-order valence-electron chi connectivity index (χ3n) is 4.25. The summed E-state index contributed by atoms with van der Waals surface area (Å²) in [6, 6.07) is 7.59. The van der Waals surface area contributed by atoms with Gasteiger partial charge in [-0.2, -0.15) is 0 Å². The fourth-order valence-electron chi connectivity index (χ4n) is 2.79. The maximum absolute atomic E-state index is 12.0. The second-order valence-electron chi connectivity index (χ2n) is 5.71. The van der Waals surface area contributed by atoms with E-state index in [4.69, 9.17) is 0 Å². The monoisotopic (exact) mass is 313 g/mol. The van der Waals surface area contributed by atoms with Crippen LogP contribution in [0.15, 0.2) is 36.7 Å². The average Bonchev–Trinajstić information content (AvgIpc) is 3.15. The Bertz CT molecular complexity index is 632. The molecule has 122 valence electrons. The van der Waals surface area contributed by atoms with Gasteiger partial charge in [-0.3, -0.25) is 4.79 Å². The number of hydrogen-bond acceptors (Lipinski definition) is 4. The van der Waals surface area contributed by atoms with Crippen molar-refractivity contribution in [3.63, 3.8) is 0 Å². The molecule has 0 atom stereocenters. The fourth-order valence-corrected chi connectivity index (χ4v) is 2.79. The van der Waals surface area contributed by atoms with Crippen LogP contribution in [0.5, 0.6) is 0 Å². The summed E-state index contributed by atoms with van der Waals surface area (Å²) in [6.07, 6.45) is 3.56. The minimum atomic E-state index is -0.0927. The maximum Gasteiger partial charge on any atom is 0.267 e. The molecule has 0 radical (unpaired) electrons. The molecule has 1 aliphatic rings. The summed E-state index contributed by atoms with van der Waals surface area (Å²) < 4.78 is 0. The van der Waals surface area contributed by atoms with Crippen LogP contribution in [-0.2, 0) is 6.54 Å². The smallest absolute Gasteiger partial charge is 0.267 e. The highest BCUT2D eigenvalue weighted by Gasteiger charge is 2.17. The zero-order valence-corrected chi connectivity index (χ0v) is 13.5. The molecule has 23 heavy (non-hydrogen) atoms. The van der Waals surface area contributed by atoms with E-state index in [0.29, 0.717) is 12.2 Å². The molecule has 2 aromatic heterocycles. The number of H-pyrrole nitrogens is 1. The molecule has 1 fully saturated rings. The lowest BCUT2D eigenvalue weighted by molar-refractivity contribution is 0.0946. The van der Waals surface area contributed by atoms with E-state index in [0.717, 1.165) is 44.1 Å². The molecule has 1 aliphatic heterocycles. The van der Waals surface area contributed by atoms with Gasteiger partial charge in [0.1, 0.15) is 11.5 Å². The molecule has 0 bridgehead atoms. The largest absolute Gasteiger partial charge is 0.357 e. The van der Waals surface area contributed by atoms with Gasteiger partial charge in [-0.15, -0.1) is 0 Å². The number of likely N-dealkylation sites (N-methyl/N-ethyl adjacent to an activating group) is 1. The maximum atomic E-state index is 12.0. The molecule has 0 saturated carbocycles. The number of amides is 1. The molecular weight excluding hydrogens is 290 g/mol. The lowest BCUT2D eigenvalue weighted by Gasteiger charge is -2.34. The van der Waals surface area contributed by atoms with E-state index in [1.54, 1.807) is 12.3 Å². The standard InChI is InChI=1S/C17H23N5O/c1-2-21-8-10-22(11-9-21)16-12-14(5-7-19-16)13-20-17(23)15-4-3-6-18-15/h3-7,12,18H,2,8-11,13H2,1H3,(H,20,23). The van der Waals surface area contributed by atoms with Crippen molar-refractivity contribution in [1.82, 2.24) is 20.2 Å². The van der Waals surface area contributed by atoms with Crippen molar-refractivity contribution in [3.8, 4) is 0 Å². The molecule has 1 saturated heterocycles. The number of hydrogen-bond donors (Lipinski definition) is 2. The molecule has 0 unspecified atom stereocenters. The molecule has 2 N–H and O–H groups in total. The Morgan fingerprint density at radius 1 is 1.30 bits per heavy atom. The van der Waals surface area contributed by atoms with E-state index in [-0.39, 0.29) is 5.91 Å². The van der Waals surface area contributed by atoms with Gasteiger partial charge in [-0.05, 0) is 36.4 Å². The van der Waals surface area contributed by atoms with Gasteiger partial charge in [0.2, 0.25) is 0 Å². The summed E-state index contributed by atoms with van der Waals surface area (Å²) in [5.41, 5.74) is 1.64. The van der Waals surface area contributed by atoms with Gasteiger partial charge in [-0.25, -0.2) is 4.98 Å². The predicted octanol–water partition coefficient (Wildman–Crippen LogP) is 1.48. The number of carbonyl (C=O) groups is 1. The number of rotatable bonds is 5. The van der Waals surface area contributed by atoms with Gasteiger partial charge >= 0.3 is 0 Å². The Morgan fingerprint density at radius 3 is 2.83 bits per heavy atom. The second-order valence-corrected chi connectivity index (χ2v) is 5.71. The number of piperazine rings is 1. The number of nitrogens with zero attached hydrogens (tertiary/aromatic N) is 3. The Morgan fingerprint density at radius 2 is 2.13 bits per heavy atom. The summed E-state index contributed by atoms with van der Waals surface area (Å²) in [4.78, 5) is 24.1. The summed E-state index contributed by atoms with van der Waals surface area (Å²) in [6.45, 7) is 7.95. The van der Waals surface area contributed by atoms with E-state index >= 15 is 0 Å². The third-order valence-corrected chi connectivity index (χ3v) is 4.25. The Balaban J connectivity index is 1.58. The minimum Gasteiger partial charge on any atom is -0.357 e. The van der Waals surface area contributed by atoms with E-state index in [9.17, 15) is 4.79 Å². The van der Waals surface area contributed by atoms with E-state index < -0.39 is 0 Å². The molecule has 1 amide bonds. The summed E-state index contributed by atoms with van der Waals surface area (Å²) in [7, 11) is 0. The number of pyridine rings is 1.